The number of rotatable bonds is 3. The summed E-state index contributed by atoms with van der Waals surface area (Å²) in [6, 6.07) is 5.58. The molecule has 0 aromatic heterocycles. The Morgan fingerprint density at radius 2 is 1.44 bits per heavy atom. The van der Waals surface area contributed by atoms with E-state index in [2.05, 4.69) is 20.8 Å². The molecule has 0 aliphatic carbocycles. The zero-order valence-corrected chi connectivity index (χ0v) is 11.9. The Morgan fingerprint density at radius 3 is 1.83 bits per heavy atom. The second kappa shape index (κ2) is 5.04. The largest absolute Gasteiger partial charge is 0.488 e. The predicted octanol–water partition coefficient (Wildman–Crippen LogP) is 0.934. The molecule has 0 amide bonds. The molecule has 18 heavy (non-hydrogen) atoms. The first-order valence-electron chi connectivity index (χ1n) is 6.21. The van der Waals surface area contributed by atoms with Crippen LogP contribution in [0.4, 0.5) is 0 Å². The van der Waals surface area contributed by atoms with Crippen molar-refractivity contribution >= 4 is 12.6 Å². The van der Waals surface area contributed by atoms with E-state index in [1.54, 1.807) is 6.07 Å². The Morgan fingerprint density at radius 1 is 0.944 bits per heavy atom. The maximum atomic E-state index is 9.45. The first-order valence-corrected chi connectivity index (χ1v) is 6.21. The van der Waals surface area contributed by atoms with Gasteiger partial charge in [-0.2, -0.15) is 0 Å². The molecule has 0 bridgehead atoms. The third-order valence-corrected chi connectivity index (χ3v) is 3.30. The van der Waals surface area contributed by atoms with Gasteiger partial charge in [0.05, 0.1) is 6.61 Å². The molecule has 1 aromatic carbocycles. The van der Waals surface area contributed by atoms with Crippen LogP contribution in [-0.4, -0.2) is 28.9 Å². The van der Waals surface area contributed by atoms with Gasteiger partial charge >= 0.3 is 7.12 Å². The smallest absolute Gasteiger partial charge is 0.423 e. The van der Waals surface area contributed by atoms with Crippen molar-refractivity contribution in [3.05, 3.63) is 29.3 Å². The zero-order chi connectivity index (χ0) is 14.1. The normalized spacial score (nSPS) is 12.7. The molecular formula is C14H23BO3. The quantitative estimate of drug-likeness (QED) is 0.699. The standard InChI is InChI=1S/C14H23BO3/c1-13(2,3)10-6-11(14(4,5)9-16)8-12(7-10)15(17)18/h6-8,16-18H,9H2,1-5H3. The zero-order valence-electron chi connectivity index (χ0n) is 11.9. The van der Waals surface area contributed by atoms with Crippen LogP contribution in [0.25, 0.3) is 0 Å². The Hall–Kier alpha value is -0.835. The first-order chi connectivity index (χ1) is 8.08. The van der Waals surface area contributed by atoms with Crippen LogP contribution in [0.1, 0.15) is 45.7 Å². The van der Waals surface area contributed by atoms with E-state index >= 15 is 0 Å². The summed E-state index contributed by atoms with van der Waals surface area (Å²) in [7, 11) is -1.49. The van der Waals surface area contributed by atoms with Crippen LogP contribution >= 0.6 is 0 Å². The summed E-state index contributed by atoms with van der Waals surface area (Å²) in [6.07, 6.45) is 0. The van der Waals surface area contributed by atoms with Crippen molar-refractivity contribution in [2.75, 3.05) is 6.61 Å². The number of aliphatic hydroxyl groups is 1. The average molecular weight is 250 g/mol. The molecule has 1 aromatic rings. The monoisotopic (exact) mass is 250 g/mol. The molecule has 0 aliphatic rings. The fourth-order valence-corrected chi connectivity index (χ4v) is 1.72. The lowest BCUT2D eigenvalue weighted by atomic mass is 9.72. The summed E-state index contributed by atoms with van der Waals surface area (Å²) in [5.74, 6) is 0. The van der Waals surface area contributed by atoms with Crippen molar-refractivity contribution < 1.29 is 15.2 Å². The molecule has 100 valence electrons. The molecule has 0 saturated carbocycles. The van der Waals surface area contributed by atoms with Crippen molar-refractivity contribution in [1.82, 2.24) is 0 Å². The van der Waals surface area contributed by atoms with E-state index in [4.69, 9.17) is 0 Å². The maximum Gasteiger partial charge on any atom is 0.488 e. The summed E-state index contributed by atoms with van der Waals surface area (Å²) < 4.78 is 0. The molecule has 0 spiro atoms. The minimum Gasteiger partial charge on any atom is -0.423 e. The van der Waals surface area contributed by atoms with Gasteiger partial charge in [0.1, 0.15) is 0 Å². The summed E-state index contributed by atoms with van der Waals surface area (Å²) in [4.78, 5) is 0. The summed E-state index contributed by atoms with van der Waals surface area (Å²) in [5.41, 5.74) is 1.94. The van der Waals surface area contributed by atoms with E-state index in [0.29, 0.717) is 5.46 Å². The van der Waals surface area contributed by atoms with Crippen molar-refractivity contribution in [1.29, 1.82) is 0 Å². The second-order valence-electron chi connectivity index (χ2n) is 6.51. The number of aliphatic hydroxyl groups excluding tert-OH is 1. The lowest BCUT2D eigenvalue weighted by Crippen LogP contribution is -2.34. The Bertz CT molecular complexity index is 420. The molecule has 0 heterocycles. The van der Waals surface area contributed by atoms with Crippen molar-refractivity contribution in [3.8, 4) is 0 Å². The fourth-order valence-electron chi connectivity index (χ4n) is 1.72. The third kappa shape index (κ3) is 3.34. The Labute approximate surface area is 110 Å². The molecule has 0 radical (unpaired) electrons. The number of benzene rings is 1. The SMILES string of the molecule is CC(C)(C)c1cc(B(O)O)cc(C(C)(C)CO)c1. The van der Waals surface area contributed by atoms with Gasteiger partial charge in [-0.15, -0.1) is 0 Å². The highest BCUT2D eigenvalue weighted by atomic mass is 16.4. The van der Waals surface area contributed by atoms with E-state index in [9.17, 15) is 15.2 Å². The molecule has 3 N–H and O–H groups in total. The van der Waals surface area contributed by atoms with E-state index in [0.717, 1.165) is 11.1 Å². The lowest BCUT2D eigenvalue weighted by Gasteiger charge is -2.27. The lowest BCUT2D eigenvalue weighted by molar-refractivity contribution is 0.218. The average Bonchev–Trinajstić information content (AvgIpc) is 2.27. The van der Waals surface area contributed by atoms with Gasteiger partial charge in [-0.3, -0.25) is 0 Å². The first kappa shape index (κ1) is 15.2. The second-order valence-corrected chi connectivity index (χ2v) is 6.51. The molecular weight excluding hydrogens is 227 g/mol. The van der Waals surface area contributed by atoms with Crippen LogP contribution < -0.4 is 5.46 Å². The topological polar surface area (TPSA) is 60.7 Å². The summed E-state index contributed by atoms with van der Waals surface area (Å²) >= 11 is 0. The highest BCUT2D eigenvalue weighted by Gasteiger charge is 2.25. The molecule has 0 atom stereocenters. The van der Waals surface area contributed by atoms with Crippen LogP contribution in [0.15, 0.2) is 18.2 Å². The summed E-state index contributed by atoms with van der Waals surface area (Å²) in [5, 5.41) is 28.2. The predicted molar refractivity (Wildman–Crippen MR) is 75.1 cm³/mol. The minimum atomic E-state index is -1.49. The summed E-state index contributed by atoms with van der Waals surface area (Å²) in [6.45, 7) is 10.1. The Balaban J connectivity index is 3.41. The molecule has 0 saturated heterocycles. The van der Waals surface area contributed by atoms with Gasteiger partial charge in [-0.25, -0.2) is 0 Å². The van der Waals surface area contributed by atoms with Crippen LogP contribution in [0.2, 0.25) is 0 Å². The van der Waals surface area contributed by atoms with Crippen LogP contribution in [-0.2, 0) is 10.8 Å². The number of hydrogen-bond acceptors (Lipinski definition) is 3. The molecule has 3 nitrogen and oxygen atoms in total. The van der Waals surface area contributed by atoms with Gasteiger partial charge in [-0.05, 0) is 22.0 Å². The van der Waals surface area contributed by atoms with E-state index in [1.807, 2.05) is 26.0 Å². The van der Waals surface area contributed by atoms with Gasteiger partial charge in [-0.1, -0.05) is 52.8 Å². The third-order valence-electron chi connectivity index (χ3n) is 3.30. The maximum absolute atomic E-state index is 9.45. The van der Waals surface area contributed by atoms with Crippen molar-refractivity contribution in [2.24, 2.45) is 0 Å². The van der Waals surface area contributed by atoms with Gasteiger partial charge in [0.25, 0.3) is 0 Å². The van der Waals surface area contributed by atoms with Crippen molar-refractivity contribution in [2.45, 2.75) is 45.4 Å². The van der Waals surface area contributed by atoms with Crippen LogP contribution in [0.3, 0.4) is 0 Å². The van der Waals surface area contributed by atoms with E-state index in [1.165, 1.54) is 0 Å². The molecule has 4 heteroatoms. The van der Waals surface area contributed by atoms with Gasteiger partial charge < -0.3 is 15.2 Å². The van der Waals surface area contributed by atoms with Crippen LogP contribution in [0, 0.1) is 0 Å². The van der Waals surface area contributed by atoms with E-state index < -0.39 is 12.5 Å². The number of hydrogen-bond donors (Lipinski definition) is 3. The van der Waals surface area contributed by atoms with Gasteiger partial charge in [0.2, 0.25) is 0 Å². The molecule has 0 unspecified atom stereocenters. The van der Waals surface area contributed by atoms with E-state index in [-0.39, 0.29) is 12.0 Å². The van der Waals surface area contributed by atoms with Crippen LogP contribution in [0.5, 0.6) is 0 Å². The van der Waals surface area contributed by atoms with Gasteiger partial charge in [0.15, 0.2) is 0 Å². The Kier molecular flexibility index (Phi) is 4.26. The highest BCUT2D eigenvalue weighted by Crippen LogP contribution is 2.28. The molecule has 1 rings (SSSR count). The molecule has 0 aliphatic heterocycles. The highest BCUT2D eigenvalue weighted by molar-refractivity contribution is 6.58. The fraction of sp³-hybridized carbons (Fsp3) is 0.571. The molecule has 0 fully saturated rings. The van der Waals surface area contributed by atoms with Crippen molar-refractivity contribution in [3.63, 3.8) is 0 Å². The minimum absolute atomic E-state index is 0.0154. The van der Waals surface area contributed by atoms with Gasteiger partial charge in [0, 0.05) is 5.41 Å².